The third kappa shape index (κ3) is 11.5. The Bertz CT molecular complexity index is 1390. The van der Waals surface area contributed by atoms with Gasteiger partial charge in [0, 0.05) is 12.8 Å². The molecule has 0 saturated carbocycles. The summed E-state index contributed by atoms with van der Waals surface area (Å²) in [5.74, 6) is -1.05. The van der Waals surface area contributed by atoms with Crippen LogP contribution in [-0.4, -0.2) is 42.8 Å². The van der Waals surface area contributed by atoms with Gasteiger partial charge in [-0.25, -0.2) is 9.59 Å². The molecule has 45 heavy (non-hydrogen) atoms. The van der Waals surface area contributed by atoms with E-state index in [1.165, 1.54) is 0 Å². The lowest BCUT2D eigenvalue weighted by atomic mass is 10.1. The lowest BCUT2D eigenvalue weighted by Crippen LogP contribution is -2.53. The van der Waals surface area contributed by atoms with E-state index in [0.29, 0.717) is 0 Å². The van der Waals surface area contributed by atoms with E-state index in [4.69, 9.17) is 9.47 Å². The van der Waals surface area contributed by atoms with Crippen molar-refractivity contribution in [1.29, 1.82) is 0 Å². The molecule has 4 amide bonds. The van der Waals surface area contributed by atoms with Crippen LogP contribution < -0.4 is 21.3 Å². The van der Waals surface area contributed by atoms with Gasteiger partial charge in [0.15, 0.2) is 0 Å². The second-order valence-electron chi connectivity index (χ2n) is 10.2. The Morgan fingerprint density at radius 1 is 0.467 bits per heavy atom. The molecule has 0 aliphatic heterocycles. The van der Waals surface area contributed by atoms with Gasteiger partial charge in [-0.1, -0.05) is 121 Å². The fourth-order valence-electron chi connectivity index (χ4n) is 4.40. The number of benzene rings is 4. The second-order valence-corrected chi connectivity index (χ2v) is 10.2. The van der Waals surface area contributed by atoms with Crippen LogP contribution >= 0.6 is 0 Å². The van der Waals surface area contributed by atoms with Crippen LogP contribution in [0.3, 0.4) is 0 Å². The molecule has 10 heteroatoms. The van der Waals surface area contributed by atoms with E-state index in [2.05, 4.69) is 21.3 Å². The van der Waals surface area contributed by atoms with E-state index in [1.54, 1.807) is 0 Å². The van der Waals surface area contributed by atoms with Gasteiger partial charge in [0.1, 0.15) is 25.3 Å². The number of rotatable bonds is 14. The average molecular weight is 609 g/mol. The Balaban J connectivity index is 1.33. The highest BCUT2D eigenvalue weighted by Crippen LogP contribution is 2.07. The number of carbonyl (C=O) groups is 4. The summed E-state index contributed by atoms with van der Waals surface area (Å²) in [5.41, 5.74) is 3.27. The van der Waals surface area contributed by atoms with Crippen LogP contribution in [0.5, 0.6) is 0 Å². The van der Waals surface area contributed by atoms with Crippen LogP contribution in [0.1, 0.15) is 22.3 Å². The Hall–Kier alpha value is -5.64. The molecular weight excluding hydrogens is 572 g/mol. The van der Waals surface area contributed by atoms with Gasteiger partial charge >= 0.3 is 12.2 Å². The first-order chi connectivity index (χ1) is 22.0. The van der Waals surface area contributed by atoms with Crippen LogP contribution in [0.4, 0.5) is 9.59 Å². The zero-order valence-corrected chi connectivity index (χ0v) is 24.7. The van der Waals surface area contributed by atoms with E-state index in [1.807, 2.05) is 121 Å². The Morgan fingerprint density at radius 3 is 1.11 bits per heavy atom. The molecule has 0 saturated heterocycles. The smallest absolute Gasteiger partial charge is 0.408 e. The Morgan fingerprint density at radius 2 is 0.778 bits per heavy atom. The highest BCUT2D eigenvalue weighted by Gasteiger charge is 2.24. The quantitative estimate of drug-likeness (QED) is 0.158. The standard InChI is InChI=1S/C35H36N4O6/c40-32(30(21-26-13-5-1-6-14-26)38-34(42)44-23-28-17-9-3-10-18-28)36-25-37-33(41)31(22-27-15-7-2-8-16-27)39-35(43)45-24-29-19-11-4-12-20-29/h1-20,30-31H,21-25H2,(H,36,40)(H,37,41)(H,38,42)(H,39,43)/t30-,31-/m0/s1. The van der Waals surface area contributed by atoms with Crippen LogP contribution in [0, 0.1) is 0 Å². The number of hydrogen-bond acceptors (Lipinski definition) is 6. The van der Waals surface area contributed by atoms with Gasteiger partial charge in [-0.05, 0) is 22.3 Å². The summed E-state index contributed by atoms with van der Waals surface area (Å²) in [6.45, 7) is -0.145. The van der Waals surface area contributed by atoms with E-state index >= 15 is 0 Å². The molecule has 232 valence electrons. The minimum atomic E-state index is -0.973. The molecule has 0 spiro atoms. The van der Waals surface area contributed by atoms with Gasteiger partial charge in [0.2, 0.25) is 11.8 Å². The number of nitrogens with one attached hydrogen (secondary N) is 4. The zero-order valence-electron chi connectivity index (χ0n) is 24.7. The summed E-state index contributed by atoms with van der Waals surface area (Å²) in [4.78, 5) is 51.5. The van der Waals surface area contributed by atoms with E-state index in [0.717, 1.165) is 22.3 Å². The largest absolute Gasteiger partial charge is 0.445 e. The fourth-order valence-corrected chi connectivity index (χ4v) is 4.40. The van der Waals surface area contributed by atoms with Crippen LogP contribution in [0.25, 0.3) is 0 Å². The fraction of sp³-hybridized carbons (Fsp3) is 0.200. The minimum Gasteiger partial charge on any atom is -0.445 e. The van der Waals surface area contributed by atoms with E-state index in [9.17, 15) is 19.2 Å². The first-order valence-electron chi connectivity index (χ1n) is 14.5. The first kappa shape index (κ1) is 32.3. The molecule has 2 atom stereocenters. The SMILES string of the molecule is O=C(N[C@@H](Cc1ccccc1)C(=O)NCNC(=O)[C@H](Cc1ccccc1)NC(=O)OCc1ccccc1)OCc1ccccc1. The number of alkyl carbamates (subject to hydrolysis) is 2. The molecule has 4 aromatic rings. The molecule has 0 aliphatic carbocycles. The molecule has 0 unspecified atom stereocenters. The molecule has 0 bridgehead atoms. The van der Waals surface area contributed by atoms with Crippen LogP contribution in [0.15, 0.2) is 121 Å². The van der Waals surface area contributed by atoms with E-state index < -0.39 is 36.1 Å². The van der Waals surface area contributed by atoms with Gasteiger partial charge in [-0.2, -0.15) is 0 Å². The average Bonchev–Trinajstić information content (AvgIpc) is 3.07. The van der Waals surface area contributed by atoms with Crippen molar-refractivity contribution in [3.05, 3.63) is 144 Å². The summed E-state index contributed by atoms with van der Waals surface area (Å²) in [7, 11) is 0. The van der Waals surface area contributed by atoms with E-state index in [-0.39, 0.29) is 32.7 Å². The van der Waals surface area contributed by atoms with Crippen LogP contribution in [0.2, 0.25) is 0 Å². The van der Waals surface area contributed by atoms with Crippen molar-refractivity contribution in [2.75, 3.05) is 6.67 Å². The predicted octanol–water partition coefficient (Wildman–Crippen LogP) is 4.25. The van der Waals surface area contributed by atoms with Gasteiger partial charge < -0.3 is 30.7 Å². The van der Waals surface area contributed by atoms with Crippen molar-refractivity contribution in [1.82, 2.24) is 21.3 Å². The van der Waals surface area contributed by atoms with Crippen molar-refractivity contribution in [2.24, 2.45) is 0 Å². The summed E-state index contributed by atoms with van der Waals surface area (Å²) in [5, 5.41) is 10.5. The van der Waals surface area contributed by atoms with Crippen molar-refractivity contribution in [2.45, 2.75) is 38.1 Å². The van der Waals surface area contributed by atoms with Gasteiger partial charge in [-0.15, -0.1) is 0 Å². The van der Waals surface area contributed by atoms with Crippen molar-refractivity contribution in [3.63, 3.8) is 0 Å². The topological polar surface area (TPSA) is 135 Å². The highest BCUT2D eigenvalue weighted by molar-refractivity contribution is 5.88. The lowest BCUT2D eigenvalue weighted by Gasteiger charge is -2.21. The first-order valence-corrected chi connectivity index (χ1v) is 14.5. The van der Waals surface area contributed by atoms with Gasteiger partial charge in [0.05, 0.1) is 6.67 Å². The molecule has 0 aliphatic rings. The number of carbonyl (C=O) groups excluding carboxylic acids is 4. The number of hydrogen-bond donors (Lipinski definition) is 4. The predicted molar refractivity (Wildman–Crippen MR) is 169 cm³/mol. The third-order valence-corrected chi connectivity index (χ3v) is 6.73. The summed E-state index contributed by atoms with van der Waals surface area (Å²) < 4.78 is 10.6. The Kier molecular flexibility index (Phi) is 12.5. The molecule has 10 nitrogen and oxygen atoms in total. The van der Waals surface area contributed by atoms with Crippen LogP contribution in [-0.2, 0) is 45.1 Å². The maximum absolute atomic E-state index is 13.2. The summed E-state index contributed by atoms with van der Waals surface area (Å²) >= 11 is 0. The molecule has 0 radical (unpaired) electrons. The summed E-state index contributed by atoms with van der Waals surface area (Å²) in [6, 6.07) is 34.9. The van der Waals surface area contributed by atoms with Gasteiger partial charge in [0.25, 0.3) is 0 Å². The van der Waals surface area contributed by atoms with Crippen molar-refractivity contribution >= 4 is 24.0 Å². The molecule has 4 N–H and O–H groups in total. The molecule has 0 heterocycles. The Labute approximate surface area is 262 Å². The normalized spacial score (nSPS) is 11.7. The number of ether oxygens (including phenoxy) is 2. The maximum Gasteiger partial charge on any atom is 0.408 e. The third-order valence-electron chi connectivity index (χ3n) is 6.73. The lowest BCUT2D eigenvalue weighted by molar-refractivity contribution is -0.125. The molecule has 4 aromatic carbocycles. The molecule has 0 aromatic heterocycles. The summed E-state index contributed by atoms with van der Waals surface area (Å²) in [6.07, 6.45) is -1.10. The zero-order chi connectivity index (χ0) is 31.7. The highest BCUT2D eigenvalue weighted by atomic mass is 16.6. The second kappa shape index (κ2) is 17.5. The molecular formula is C35H36N4O6. The van der Waals surface area contributed by atoms with Gasteiger partial charge in [-0.3, -0.25) is 9.59 Å². The number of amides is 4. The minimum absolute atomic E-state index is 0.0476. The maximum atomic E-state index is 13.2. The molecule has 4 rings (SSSR count). The monoisotopic (exact) mass is 608 g/mol. The van der Waals surface area contributed by atoms with Crippen molar-refractivity contribution < 1.29 is 28.7 Å². The van der Waals surface area contributed by atoms with Crippen molar-refractivity contribution in [3.8, 4) is 0 Å². The molecule has 0 fully saturated rings.